The van der Waals surface area contributed by atoms with Gasteiger partial charge in [-0.05, 0) is 49.9 Å². The highest BCUT2D eigenvalue weighted by atomic mass is 19.1. The Kier molecular flexibility index (Phi) is 5.35. The van der Waals surface area contributed by atoms with Crippen LogP contribution in [0.25, 0.3) is 0 Å². The van der Waals surface area contributed by atoms with Gasteiger partial charge in [-0.2, -0.15) is 0 Å². The molecule has 1 aromatic rings. The molecule has 1 aliphatic rings. The molecule has 0 saturated heterocycles. The van der Waals surface area contributed by atoms with Crippen LogP contribution >= 0.6 is 0 Å². The summed E-state index contributed by atoms with van der Waals surface area (Å²) in [4.78, 5) is 0. The van der Waals surface area contributed by atoms with Crippen LogP contribution in [0.15, 0.2) is 12.1 Å². The second kappa shape index (κ2) is 7.02. The molecule has 1 saturated carbocycles. The molecule has 2 atom stereocenters. The van der Waals surface area contributed by atoms with Crippen LogP contribution < -0.4 is 10.1 Å². The summed E-state index contributed by atoms with van der Waals surface area (Å²) in [6, 6.07) is 2.68. The van der Waals surface area contributed by atoms with Gasteiger partial charge in [0, 0.05) is 6.54 Å². The van der Waals surface area contributed by atoms with Crippen LogP contribution in [0.1, 0.15) is 44.6 Å². The highest BCUT2D eigenvalue weighted by molar-refractivity contribution is 5.31. The number of benzene rings is 1. The lowest BCUT2D eigenvalue weighted by Crippen LogP contribution is -2.26. The van der Waals surface area contributed by atoms with Crippen molar-refractivity contribution in [2.75, 3.05) is 7.05 Å². The molecule has 0 bridgehead atoms. The average molecular weight is 283 g/mol. The molecular formula is C16H23F2NO. The van der Waals surface area contributed by atoms with Gasteiger partial charge < -0.3 is 10.1 Å². The Morgan fingerprint density at radius 1 is 1.25 bits per heavy atom. The highest BCUT2D eigenvalue weighted by Crippen LogP contribution is 2.32. The van der Waals surface area contributed by atoms with Gasteiger partial charge >= 0.3 is 0 Å². The zero-order valence-corrected chi connectivity index (χ0v) is 12.2. The van der Waals surface area contributed by atoms with Gasteiger partial charge in [-0.15, -0.1) is 0 Å². The Hall–Kier alpha value is -1.16. The van der Waals surface area contributed by atoms with Crippen molar-refractivity contribution in [3.05, 3.63) is 29.3 Å². The second-order valence-corrected chi connectivity index (χ2v) is 5.60. The number of hydrogen-bond donors (Lipinski definition) is 1. The first-order valence-electron chi connectivity index (χ1n) is 7.43. The van der Waals surface area contributed by atoms with E-state index in [1.165, 1.54) is 18.6 Å². The van der Waals surface area contributed by atoms with Crippen molar-refractivity contribution in [2.24, 2.45) is 5.92 Å². The predicted molar refractivity (Wildman–Crippen MR) is 75.8 cm³/mol. The zero-order valence-electron chi connectivity index (χ0n) is 12.2. The molecule has 1 N–H and O–H groups in total. The van der Waals surface area contributed by atoms with Crippen LogP contribution in [0, 0.1) is 17.6 Å². The molecule has 112 valence electrons. The first-order valence-corrected chi connectivity index (χ1v) is 7.43. The summed E-state index contributed by atoms with van der Waals surface area (Å²) < 4.78 is 33.6. The average Bonchev–Trinajstić information content (AvgIpc) is 2.43. The lowest BCUT2D eigenvalue weighted by molar-refractivity contribution is 0.112. The van der Waals surface area contributed by atoms with E-state index in [9.17, 15) is 8.78 Å². The number of rotatable bonds is 5. The maximum Gasteiger partial charge on any atom is 0.191 e. The van der Waals surface area contributed by atoms with Crippen LogP contribution in [-0.4, -0.2) is 13.2 Å². The standard InChI is InChI=1S/C16H23F2NO/c1-3-11-5-4-6-13(7-11)20-16-14(17)8-12(10-19-2)9-15(16)18/h8-9,11,13,19H,3-7,10H2,1-2H3. The quantitative estimate of drug-likeness (QED) is 0.881. The van der Waals surface area contributed by atoms with Gasteiger partial charge in [-0.1, -0.05) is 19.8 Å². The van der Waals surface area contributed by atoms with Gasteiger partial charge in [0.2, 0.25) is 0 Å². The summed E-state index contributed by atoms with van der Waals surface area (Å²) in [6.45, 7) is 2.59. The molecule has 1 aromatic carbocycles. The minimum Gasteiger partial charge on any atom is -0.484 e. The van der Waals surface area contributed by atoms with Crippen molar-refractivity contribution >= 4 is 0 Å². The number of nitrogens with one attached hydrogen (secondary N) is 1. The molecule has 2 rings (SSSR count). The van der Waals surface area contributed by atoms with E-state index in [0.717, 1.165) is 25.7 Å². The monoisotopic (exact) mass is 283 g/mol. The SMILES string of the molecule is CCC1CCCC(Oc2c(F)cc(CNC)cc2F)C1. The van der Waals surface area contributed by atoms with Gasteiger partial charge in [0.05, 0.1) is 6.10 Å². The molecule has 0 aromatic heterocycles. The highest BCUT2D eigenvalue weighted by Gasteiger charge is 2.24. The Bertz CT molecular complexity index is 427. The van der Waals surface area contributed by atoms with Gasteiger partial charge in [0.15, 0.2) is 17.4 Å². The molecule has 4 heteroatoms. The van der Waals surface area contributed by atoms with E-state index in [1.54, 1.807) is 7.05 Å². The summed E-state index contributed by atoms with van der Waals surface area (Å²) >= 11 is 0. The fourth-order valence-corrected chi connectivity index (χ4v) is 2.92. The Balaban J connectivity index is 2.09. The maximum atomic E-state index is 14.0. The molecule has 1 fully saturated rings. The lowest BCUT2D eigenvalue weighted by atomic mass is 9.85. The van der Waals surface area contributed by atoms with Crippen molar-refractivity contribution in [1.82, 2.24) is 5.32 Å². The summed E-state index contributed by atoms with van der Waals surface area (Å²) in [5.74, 6) is -0.808. The third-order valence-electron chi connectivity index (χ3n) is 4.04. The van der Waals surface area contributed by atoms with Crippen LogP contribution in [0.2, 0.25) is 0 Å². The minimum absolute atomic E-state index is 0.0622. The van der Waals surface area contributed by atoms with Crippen molar-refractivity contribution in [2.45, 2.75) is 51.7 Å². The Morgan fingerprint density at radius 3 is 2.55 bits per heavy atom. The van der Waals surface area contributed by atoms with Crippen molar-refractivity contribution in [3.63, 3.8) is 0 Å². The number of halogens is 2. The van der Waals surface area contributed by atoms with E-state index in [1.807, 2.05) is 0 Å². The third-order valence-corrected chi connectivity index (χ3v) is 4.04. The van der Waals surface area contributed by atoms with Crippen LogP contribution in [-0.2, 0) is 6.54 Å². The minimum atomic E-state index is -0.603. The fraction of sp³-hybridized carbons (Fsp3) is 0.625. The molecule has 0 heterocycles. The molecule has 20 heavy (non-hydrogen) atoms. The van der Waals surface area contributed by atoms with E-state index in [0.29, 0.717) is 18.0 Å². The second-order valence-electron chi connectivity index (χ2n) is 5.60. The Morgan fingerprint density at radius 2 is 1.95 bits per heavy atom. The zero-order chi connectivity index (χ0) is 14.5. The smallest absolute Gasteiger partial charge is 0.191 e. The summed E-state index contributed by atoms with van der Waals surface area (Å²) in [5.41, 5.74) is 0.588. The fourth-order valence-electron chi connectivity index (χ4n) is 2.92. The molecular weight excluding hydrogens is 260 g/mol. The molecule has 0 radical (unpaired) electrons. The van der Waals surface area contributed by atoms with E-state index < -0.39 is 11.6 Å². The number of hydrogen-bond acceptors (Lipinski definition) is 2. The summed E-state index contributed by atoms with van der Waals surface area (Å²) in [7, 11) is 1.74. The van der Waals surface area contributed by atoms with Gasteiger partial charge in [-0.3, -0.25) is 0 Å². The maximum absolute atomic E-state index is 14.0. The first kappa shape index (κ1) is 15.2. The summed E-state index contributed by atoms with van der Waals surface area (Å²) in [6.07, 6.45) is 5.09. The lowest BCUT2D eigenvalue weighted by Gasteiger charge is -2.29. The van der Waals surface area contributed by atoms with E-state index in [-0.39, 0.29) is 11.9 Å². The Labute approximate surface area is 119 Å². The van der Waals surface area contributed by atoms with Crippen LogP contribution in [0.5, 0.6) is 5.75 Å². The predicted octanol–water partition coefficient (Wildman–Crippen LogP) is 4.03. The van der Waals surface area contributed by atoms with Gasteiger partial charge in [-0.25, -0.2) is 8.78 Å². The van der Waals surface area contributed by atoms with Crippen molar-refractivity contribution in [1.29, 1.82) is 0 Å². The summed E-state index contributed by atoms with van der Waals surface area (Å²) in [5, 5.41) is 2.88. The molecule has 0 spiro atoms. The van der Waals surface area contributed by atoms with Crippen LogP contribution in [0.3, 0.4) is 0 Å². The molecule has 1 aliphatic carbocycles. The largest absolute Gasteiger partial charge is 0.484 e. The van der Waals surface area contributed by atoms with Gasteiger partial charge in [0.25, 0.3) is 0 Å². The molecule has 2 nitrogen and oxygen atoms in total. The molecule has 0 amide bonds. The van der Waals surface area contributed by atoms with Crippen molar-refractivity contribution in [3.8, 4) is 5.75 Å². The van der Waals surface area contributed by atoms with Crippen molar-refractivity contribution < 1.29 is 13.5 Å². The van der Waals surface area contributed by atoms with E-state index in [4.69, 9.17) is 4.74 Å². The molecule has 2 unspecified atom stereocenters. The number of ether oxygens (including phenoxy) is 1. The topological polar surface area (TPSA) is 21.3 Å². The van der Waals surface area contributed by atoms with E-state index in [2.05, 4.69) is 12.2 Å². The van der Waals surface area contributed by atoms with Gasteiger partial charge in [0.1, 0.15) is 0 Å². The van der Waals surface area contributed by atoms with Crippen LogP contribution in [0.4, 0.5) is 8.78 Å². The normalized spacial score (nSPS) is 22.8. The van der Waals surface area contributed by atoms with E-state index >= 15 is 0 Å². The third kappa shape index (κ3) is 3.69. The first-order chi connectivity index (χ1) is 9.63. The molecule has 0 aliphatic heterocycles.